The summed E-state index contributed by atoms with van der Waals surface area (Å²) in [6.07, 6.45) is 8.48. The van der Waals surface area contributed by atoms with Gasteiger partial charge in [0, 0.05) is 32.1 Å². The molecule has 24 heavy (non-hydrogen) atoms. The average molecular weight is 326 g/mol. The van der Waals surface area contributed by atoms with Crippen molar-refractivity contribution in [3.63, 3.8) is 0 Å². The predicted octanol–water partition coefficient (Wildman–Crippen LogP) is 2.77. The van der Waals surface area contributed by atoms with Gasteiger partial charge in [-0.25, -0.2) is 9.97 Å². The van der Waals surface area contributed by atoms with Gasteiger partial charge in [-0.3, -0.25) is 4.79 Å². The van der Waals surface area contributed by atoms with Crippen LogP contribution in [0.15, 0.2) is 36.7 Å². The second-order valence-electron chi connectivity index (χ2n) is 5.86. The van der Waals surface area contributed by atoms with Crippen LogP contribution in [0.2, 0.25) is 0 Å². The van der Waals surface area contributed by atoms with Gasteiger partial charge in [0.2, 0.25) is 5.88 Å². The molecule has 1 fully saturated rings. The largest absolute Gasteiger partial charge is 0.474 e. The van der Waals surface area contributed by atoms with Gasteiger partial charge in [-0.1, -0.05) is 6.07 Å². The monoisotopic (exact) mass is 326 g/mol. The Balaban J connectivity index is 1.60. The number of ether oxygens (including phenoxy) is 1. The van der Waals surface area contributed by atoms with Gasteiger partial charge in [0.25, 0.3) is 5.91 Å². The van der Waals surface area contributed by atoms with Gasteiger partial charge >= 0.3 is 0 Å². The first-order chi connectivity index (χ1) is 11.8. The molecule has 2 aromatic rings. The van der Waals surface area contributed by atoms with Crippen molar-refractivity contribution in [2.24, 2.45) is 0 Å². The van der Waals surface area contributed by atoms with Gasteiger partial charge in [0.15, 0.2) is 0 Å². The molecule has 0 saturated heterocycles. The smallest absolute Gasteiger partial charge is 0.254 e. The molecule has 0 aliphatic heterocycles. The predicted molar refractivity (Wildman–Crippen MR) is 92.1 cm³/mol. The number of hydrogen-bond donors (Lipinski definition) is 2. The van der Waals surface area contributed by atoms with Crippen LogP contribution in [0.1, 0.15) is 41.6 Å². The molecule has 1 amide bonds. The molecule has 2 N–H and O–H groups in total. The van der Waals surface area contributed by atoms with E-state index in [0.717, 1.165) is 18.4 Å². The van der Waals surface area contributed by atoms with Crippen molar-refractivity contribution in [3.05, 3.63) is 47.8 Å². The second-order valence-corrected chi connectivity index (χ2v) is 5.86. The molecule has 0 spiro atoms. The van der Waals surface area contributed by atoms with Crippen molar-refractivity contribution in [2.75, 3.05) is 12.4 Å². The standard InChI is InChI=1S/C18H22N4O2/c1-19-18(23)15-7-4-10-20-17(15)22-12-13-8-9-16(21-11-13)24-14-5-2-3-6-14/h4,7-11,14H,2-3,5-6,12H2,1H3,(H,19,23)(H,20,22). The molecule has 6 heteroatoms. The van der Waals surface area contributed by atoms with Crippen LogP contribution in [0.4, 0.5) is 5.82 Å². The highest BCUT2D eigenvalue weighted by Gasteiger charge is 2.16. The van der Waals surface area contributed by atoms with E-state index in [2.05, 4.69) is 20.6 Å². The highest BCUT2D eigenvalue weighted by Crippen LogP contribution is 2.23. The Morgan fingerprint density at radius 1 is 1.25 bits per heavy atom. The number of nitrogens with zero attached hydrogens (tertiary/aromatic N) is 2. The van der Waals surface area contributed by atoms with Crippen LogP contribution in [0.25, 0.3) is 0 Å². The Morgan fingerprint density at radius 3 is 2.79 bits per heavy atom. The molecule has 6 nitrogen and oxygen atoms in total. The number of rotatable bonds is 6. The zero-order valence-electron chi connectivity index (χ0n) is 13.8. The first-order valence-electron chi connectivity index (χ1n) is 8.29. The van der Waals surface area contributed by atoms with Gasteiger partial charge in [-0.05, 0) is 43.4 Å². The summed E-state index contributed by atoms with van der Waals surface area (Å²) in [4.78, 5) is 20.4. The molecule has 0 radical (unpaired) electrons. The van der Waals surface area contributed by atoms with E-state index >= 15 is 0 Å². The zero-order chi connectivity index (χ0) is 16.8. The molecule has 2 heterocycles. The minimum atomic E-state index is -0.163. The molecule has 3 rings (SSSR count). The van der Waals surface area contributed by atoms with Crippen LogP contribution >= 0.6 is 0 Å². The summed E-state index contributed by atoms with van der Waals surface area (Å²) in [5, 5.41) is 5.80. The van der Waals surface area contributed by atoms with Gasteiger partial charge in [0.1, 0.15) is 11.9 Å². The van der Waals surface area contributed by atoms with Crippen LogP contribution in [-0.2, 0) is 6.54 Å². The second kappa shape index (κ2) is 7.77. The van der Waals surface area contributed by atoms with Crippen LogP contribution < -0.4 is 15.4 Å². The average Bonchev–Trinajstić information content (AvgIpc) is 3.14. The quantitative estimate of drug-likeness (QED) is 0.853. The van der Waals surface area contributed by atoms with Crippen molar-refractivity contribution in [1.82, 2.24) is 15.3 Å². The van der Waals surface area contributed by atoms with Crippen LogP contribution in [0.3, 0.4) is 0 Å². The molecule has 2 aromatic heterocycles. The van der Waals surface area contributed by atoms with Crippen molar-refractivity contribution in [3.8, 4) is 5.88 Å². The molecule has 0 unspecified atom stereocenters. The van der Waals surface area contributed by atoms with Crippen LogP contribution in [-0.4, -0.2) is 29.0 Å². The fourth-order valence-corrected chi connectivity index (χ4v) is 2.81. The Kier molecular flexibility index (Phi) is 5.25. The number of carbonyl (C=O) groups is 1. The third-order valence-electron chi connectivity index (χ3n) is 4.13. The van der Waals surface area contributed by atoms with Gasteiger partial charge in [0.05, 0.1) is 5.56 Å². The normalized spacial score (nSPS) is 14.4. The van der Waals surface area contributed by atoms with Crippen molar-refractivity contribution >= 4 is 11.7 Å². The molecule has 1 saturated carbocycles. The first kappa shape index (κ1) is 16.2. The summed E-state index contributed by atoms with van der Waals surface area (Å²) >= 11 is 0. The Labute approximate surface area is 141 Å². The van der Waals surface area contributed by atoms with E-state index in [1.54, 1.807) is 31.6 Å². The minimum absolute atomic E-state index is 0.163. The highest BCUT2D eigenvalue weighted by atomic mass is 16.5. The molecule has 0 atom stereocenters. The fourth-order valence-electron chi connectivity index (χ4n) is 2.81. The maximum Gasteiger partial charge on any atom is 0.254 e. The zero-order valence-corrected chi connectivity index (χ0v) is 13.8. The Hall–Kier alpha value is -2.63. The van der Waals surface area contributed by atoms with Crippen molar-refractivity contribution < 1.29 is 9.53 Å². The van der Waals surface area contributed by atoms with Crippen LogP contribution in [0, 0.1) is 0 Å². The molecular weight excluding hydrogens is 304 g/mol. The molecule has 1 aliphatic rings. The maximum atomic E-state index is 11.8. The number of nitrogens with one attached hydrogen (secondary N) is 2. The van der Waals surface area contributed by atoms with E-state index in [0.29, 0.717) is 29.9 Å². The van der Waals surface area contributed by atoms with E-state index in [-0.39, 0.29) is 5.91 Å². The maximum absolute atomic E-state index is 11.8. The molecular formula is C18H22N4O2. The molecule has 0 aromatic carbocycles. The summed E-state index contributed by atoms with van der Waals surface area (Å²) < 4.78 is 5.86. The van der Waals surface area contributed by atoms with Gasteiger partial charge < -0.3 is 15.4 Å². The minimum Gasteiger partial charge on any atom is -0.474 e. The number of pyridine rings is 2. The fraction of sp³-hybridized carbons (Fsp3) is 0.389. The lowest BCUT2D eigenvalue weighted by Gasteiger charge is -2.13. The Morgan fingerprint density at radius 2 is 2.08 bits per heavy atom. The lowest BCUT2D eigenvalue weighted by atomic mass is 10.2. The summed E-state index contributed by atoms with van der Waals surface area (Å²) in [5.41, 5.74) is 1.52. The van der Waals surface area contributed by atoms with Gasteiger partial charge in [-0.15, -0.1) is 0 Å². The lowest BCUT2D eigenvalue weighted by Crippen LogP contribution is -2.20. The summed E-state index contributed by atoms with van der Waals surface area (Å²) in [7, 11) is 1.60. The molecule has 0 bridgehead atoms. The molecule has 1 aliphatic carbocycles. The van der Waals surface area contributed by atoms with Crippen LogP contribution in [0.5, 0.6) is 5.88 Å². The van der Waals surface area contributed by atoms with E-state index in [1.165, 1.54) is 12.8 Å². The lowest BCUT2D eigenvalue weighted by molar-refractivity contribution is 0.0963. The summed E-state index contributed by atoms with van der Waals surface area (Å²) in [6.45, 7) is 0.539. The topological polar surface area (TPSA) is 76.1 Å². The van der Waals surface area contributed by atoms with E-state index in [9.17, 15) is 4.79 Å². The summed E-state index contributed by atoms with van der Waals surface area (Å²) in [6, 6.07) is 7.36. The third kappa shape index (κ3) is 4.01. The first-order valence-corrected chi connectivity index (χ1v) is 8.29. The number of anilines is 1. The Bertz CT molecular complexity index is 682. The van der Waals surface area contributed by atoms with E-state index in [1.807, 2.05) is 12.1 Å². The van der Waals surface area contributed by atoms with Crippen molar-refractivity contribution in [2.45, 2.75) is 38.3 Å². The third-order valence-corrected chi connectivity index (χ3v) is 4.13. The number of amides is 1. The van der Waals surface area contributed by atoms with Crippen molar-refractivity contribution in [1.29, 1.82) is 0 Å². The highest BCUT2D eigenvalue weighted by molar-refractivity contribution is 5.98. The number of carbonyl (C=O) groups excluding carboxylic acids is 1. The SMILES string of the molecule is CNC(=O)c1cccnc1NCc1ccc(OC2CCCC2)nc1. The molecule has 126 valence electrons. The van der Waals surface area contributed by atoms with Gasteiger partial charge in [-0.2, -0.15) is 0 Å². The summed E-state index contributed by atoms with van der Waals surface area (Å²) in [5.74, 6) is 1.07. The van der Waals surface area contributed by atoms with E-state index < -0.39 is 0 Å². The van der Waals surface area contributed by atoms with E-state index in [4.69, 9.17) is 4.74 Å². The number of hydrogen-bond acceptors (Lipinski definition) is 5. The number of aromatic nitrogens is 2.